The summed E-state index contributed by atoms with van der Waals surface area (Å²) in [5, 5.41) is 11.6. The first-order chi connectivity index (χ1) is 11.4. The van der Waals surface area contributed by atoms with E-state index in [1.807, 2.05) is 18.2 Å². The standard InChI is InChI=1S/C16H19N3O4S/c1-8-7-24-15-11(14(21)19(15)12(8)16(22)23)18-13(20)10(17)9-5-3-2-4-6-9/h2-3,6,10-11,15H,4-5,7,17H2,1H3,(H,18,20)(H,22,23)/t10-,11+,15-/m0/s1. The highest BCUT2D eigenvalue weighted by molar-refractivity contribution is 8.00. The molecular weight excluding hydrogens is 330 g/mol. The molecule has 3 atom stereocenters. The van der Waals surface area contributed by atoms with Crippen molar-refractivity contribution in [1.29, 1.82) is 0 Å². The normalized spacial score (nSPS) is 27.2. The summed E-state index contributed by atoms with van der Waals surface area (Å²) in [6.45, 7) is 1.70. The Morgan fingerprint density at radius 1 is 1.46 bits per heavy atom. The average molecular weight is 349 g/mol. The molecule has 4 N–H and O–H groups in total. The number of hydrogen-bond donors (Lipinski definition) is 3. The van der Waals surface area contributed by atoms with Crippen molar-refractivity contribution in [1.82, 2.24) is 10.2 Å². The van der Waals surface area contributed by atoms with E-state index in [1.54, 1.807) is 6.92 Å². The fourth-order valence-electron chi connectivity index (χ4n) is 3.06. The smallest absolute Gasteiger partial charge is 0.352 e. The van der Waals surface area contributed by atoms with Gasteiger partial charge in [-0.1, -0.05) is 18.2 Å². The summed E-state index contributed by atoms with van der Waals surface area (Å²) in [5.74, 6) is -1.41. The molecule has 0 radical (unpaired) electrons. The second-order valence-electron chi connectivity index (χ2n) is 6.00. The number of carbonyl (C=O) groups excluding carboxylic acids is 2. The van der Waals surface area contributed by atoms with E-state index < -0.39 is 29.9 Å². The summed E-state index contributed by atoms with van der Waals surface area (Å²) < 4.78 is 0. The topological polar surface area (TPSA) is 113 Å². The van der Waals surface area contributed by atoms with E-state index in [9.17, 15) is 19.5 Å². The van der Waals surface area contributed by atoms with Gasteiger partial charge in [-0.2, -0.15) is 0 Å². The van der Waals surface area contributed by atoms with Crippen molar-refractivity contribution in [2.75, 3.05) is 5.75 Å². The minimum Gasteiger partial charge on any atom is -0.477 e. The Labute approximate surface area is 143 Å². The maximum absolute atomic E-state index is 12.3. The number of allylic oxidation sites excluding steroid dienone is 3. The number of amides is 2. The first-order valence-corrected chi connectivity index (χ1v) is 8.74. The zero-order valence-corrected chi connectivity index (χ0v) is 14.0. The van der Waals surface area contributed by atoms with E-state index in [4.69, 9.17) is 5.73 Å². The minimum atomic E-state index is -1.12. The third-order valence-corrected chi connectivity index (χ3v) is 5.80. The molecule has 0 bridgehead atoms. The molecule has 8 heteroatoms. The molecule has 1 fully saturated rings. The fraction of sp³-hybridized carbons (Fsp3) is 0.438. The molecular formula is C16H19N3O4S. The summed E-state index contributed by atoms with van der Waals surface area (Å²) in [6, 6.07) is -1.52. The first kappa shape index (κ1) is 16.8. The van der Waals surface area contributed by atoms with Crippen LogP contribution in [0.25, 0.3) is 0 Å². The molecule has 2 amide bonds. The number of nitrogens with two attached hydrogens (primary N) is 1. The van der Waals surface area contributed by atoms with Crippen LogP contribution < -0.4 is 11.1 Å². The second-order valence-corrected chi connectivity index (χ2v) is 7.10. The lowest BCUT2D eigenvalue weighted by Crippen LogP contribution is -2.71. The SMILES string of the molecule is CC1=C(C(=O)O)N2C(=O)[C@@H](NC(=O)[C@@H](N)C3=CCC=CC3)[C@@H]2SC1. The van der Waals surface area contributed by atoms with Gasteiger partial charge in [0.25, 0.3) is 5.91 Å². The monoisotopic (exact) mass is 349 g/mol. The number of nitrogens with one attached hydrogen (secondary N) is 1. The Morgan fingerprint density at radius 3 is 2.83 bits per heavy atom. The summed E-state index contributed by atoms with van der Waals surface area (Å²) >= 11 is 1.45. The van der Waals surface area contributed by atoms with Crippen LogP contribution in [0.5, 0.6) is 0 Å². The number of carboxylic acids is 1. The number of nitrogens with zero attached hydrogens (tertiary/aromatic N) is 1. The second kappa shape index (κ2) is 6.45. The Morgan fingerprint density at radius 2 is 2.21 bits per heavy atom. The van der Waals surface area contributed by atoms with Crippen LogP contribution in [0.2, 0.25) is 0 Å². The molecule has 0 aromatic carbocycles. The van der Waals surface area contributed by atoms with Crippen LogP contribution >= 0.6 is 11.8 Å². The van der Waals surface area contributed by atoms with Gasteiger partial charge < -0.3 is 16.2 Å². The van der Waals surface area contributed by atoms with Gasteiger partial charge in [-0.05, 0) is 30.9 Å². The van der Waals surface area contributed by atoms with Crippen LogP contribution in [0.15, 0.2) is 35.1 Å². The van der Waals surface area contributed by atoms with Gasteiger partial charge in [0.1, 0.15) is 23.2 Å². The summed E-state index contributed by atoms with van der Waals surface area (Å²) in [5.41, 5.74) is 7.49. The zero-order valence-electron chi connectivity index (χ0n) is 13.2. The van der Waals surface area contributed by atoms with E-state index in [-0.39, 0.29) is 11.1 Å². The van der Waals surface area contributed by atoms with Gasteiger partial charge in [0.15, 0.2) is 0 Å². The van der Waals surface area contributed by atoms with Crippen LogP contribution in [-0.2, 0) is 14.4 Å². The average Bonchev–Trinajstić information content (AvgIpc) is 2.59. The van der Waals surface area contributed by atoms with E-state index in [2.05, 4.69) is 5.32 Å². The maximum atomic E-state index is 12.3. The Bertz CT molecular complexity index is 697. The third kappa shape index (κ3) is 2.76. The van der Waals surface area contributed by atoms with Gasteiger partial charge in [-0.15, -0.1) is 11.8 Å². The van der Waals surface area contributed by atoms with Crippen LogP contribution in [-0.4, -0.2) is 51.0 Å². The van der Waals surface area contributed by atoms with Crippen molar-refractivity contribution >= 4 is 29.5 Å². The molecule has 1 saturated heterocycles. The highest BCUT2D eigenvalue weighted by Gasteiger charge is 2.53. The highest BCUT2D eigenvalue weighted by atomic mass is 32.2. The lowest BCUT2D eigenvalue weighted by Gasteiger charge is -2.49. The Balaban J connectivity index is 1.68. The number of aliphatic carboxylic acids is 1. The lowest BCUT2D eigenvalue weighted by atomic mass is 9.97. The molecule has 3 aliphatic rings. The van der Waals surface area contributed by atoms with Crippen molar-refractivity contribution < 1.29 is 19.5 Å². The van der Waals surface area contributed by atoms with E-state index in [0.717, 1.165) is 12.0 Å². The van der Waals surface area contributed by atoms with Gasteiger partial charge in [0.05, 0.1) is 0 Å². The minimum absolute atomic E-state index is 0.0265. The summed E-state index contributed by atoms with van der Waals surface area (Å²) in [7, 11) is 0. The van der Waals surface area contributed by atoms with Crippen LogP contribution in [0.3, 0.4) is 0 Å². The molecule has 0 unspecified atom stereocenters. The molecule has 2 aliphatic heterocycles. The van der Waals surface area contributed by atoms with Gasteiger partial charge in [0.2, 0.25) is 5.91 Å². The zero-order chi connectivity index (χ0) is 17.4. The molecule has 24 heavy (non-hydrogen) atoms. The van der Waals surface area contributed by atoms with Gasteiger partial charge in [-0.3, -0.25) is 14.5 Å². The number of β-lactam (4-membered cyclic amide) rings is 1. The van der Waals surface area contributed by atoms with Crippen molar-refractivity contribution in [3.63, 3.8) is 0 Å². The van der Waals surface area contributed by atoms with Crippen molar-refractivity contribution in [3.05, 3.63) is 35.1 Å². The number of carbonyl (C=O) groups is 3. The highest BCUT2D eigenvalue weighted by Crippen LogP contribution is 2.40. The molecule has 0 aromatic heterocycles. The number of carboxylic acid groups (broad SMARTS) is 1. The van der Waals surface area contributed by atoms with Gasteiger partial charge >= 0.3 is 5.97 Å². The largest absolute Gasteiger partial charge is 0.477 e. The molecule has 0 saturated carbocycles. The van der Waals surface area contributed by atoms with Crippen molar-refractivity contribution in [3.8, 4) is 0 Å². The molecule has 0 aromatic rings. The molecule has 7 nitrogen and oxygen atoms in total. The molecule has 3 rings (SSSR count). The van der Waals surface area contributed by atoms with E-state index in [0.29, 0.717) is 17.7 Å². The quantitative estimate of drug-likeness (QED) is 0.499. The molecule has 0 spiro atoms. The van der Waals surface area contributed by atoms with Gasteiger partial charge in [-0.25, -0.2) is 4.79 Å². The number of thioether (sulfide) groups is 1. The van der Waals surface area contributed by atoms with Crippen molar-refractivity contribution in [2.45, 2.75) is 37.2 Å². The first-order valence-electron chi connectivity index (χ1n) is 7.69. The lowest BCUT2D eigenvalue weighted by molar-refractivity contribution is -0.150. The van der Waals surface area contributed by atoms with Crippen LogP contribution in [0.4, 0.5) is 0 Å². The fourth-order valence-corrected chi connectivity index (χ4v) is 4.35. The summed E-state index contributed by atoms with van der Waals surface area (Å²) in [4.78, 5) is 37.3. The van der Waals surface area contributed by atoms with Crippen molar-refractivity contribution in [2.24, 2.45) is 5.73 Å². The van der Waals surface area contributed by atoms with Crippen LogP contribution in [0, 0.1) is 0 Å². The molecule has 128 valence electrons. The summed E-state index contributed by atoms with van der Waals surface area (Å²) in [6.07, 6.45) is 7.26. The van der Waals surface area contributed by atoms with Gasteiger partial charge in [0, 0.05) is 5.75 Å². The Kier molecular flexibility index (Phi) is 4.51. The Hall–Kier alpha value is -2.06. The van der Waals surface area contributed by atoms with Crippen LogP contribution in [0.1, 0.15) is 19.8 Å². The predicted molar refractivity (Wildman–Crippen MR) is 89.8 cm³/mol. The third-order valence-electron chi connectivity index (χ3n) is 4.38. The predicted octanol–water partition coefficient (Wildman–Crippen LogP) is 0.349. The van der Waals surface area contributed by atoms with E-state index >= 15 is 0 Å². The van der Waals surface area contributed by atoms with E-state index in [1.165, 1.54) is 16.7 Å². The maximum Gasteiger partial charge on any atom is 0.352 e. The number of fused-ring (bicyclic) bond motifs is 1. The molecule has 1 aliphatic carbocycles. The number of hydrogen-bond acceptors (Lipinski definition) is 5. The number of rotatable bonds is 4. The molecule has 2 heterocycles.